The van der Waals surface area contributed by atoms with Crippen LogP contribution in [-0.2, 0) is 4.74 Å². The lowest BCUT2D eigenvalue weighted by molar-refractivity contribution is 0.122. The summed E-state index contributed by atoms with van der Waals surface area (Å²) in [6.07, 6.45) is 0. The fourth-order valence-electron chi connectivity index (χ4n) is 3.24. The van der Waals surface area contributed by atoms with Gasteiger partial charge >= 0.3 is 0 Å². The quantitative estimate of drug-likeness (QED) is 0.722. The van der Waals surface area contributed by atoms with E-state index in [1.54, 1.807) is 0 Å². The molecule has 3 aromatic rings. The van der Waals surface area contributed by atoms with Crippen LogP contribution in [0.15, 0.2) is 35.1 Å². The number of anilines is 1. The second kappa shape index (κ2) is 6.57. The van der Waals surface area contributed by atoms with E-state index in [1.165, 1.54) is 16.9 Å². The minimum atomic E-state index is -0.193. The molecule has 4 rings (SSSR count). The number of morpholine rings is 1. The normalized spacial score (nSPS) is 16.3. The molecule has 1 fully saturated rings. The monoisotopic (exact) mass is 356 g/mol. The second-order valence-corrected chi connectivity index (χ2v) is 7.15. The van der Waals surface area contributed by atoms with E-state index in [1.807, 2.05) is 25.1 Å². The molecule has 7 heteroatoms. The number of nitrogens with zero attached hydrogens (tertiary/aromatic N) is 4. The largest absolute Gasteiger partial charge is 0.378 e. The Hall–Kier alpha value is -2.25. The first-order valence-electron chi connectivity index (χ1n) is 8.42. The van der Waals surface area contributed by atoms with Crippen molar-refractivity contribution in [3.05, 3.63) is 52.1 Å². The molecule has 25 heavy (non-hydrogen) atoms. The van der Waals surface area contributed by atoms with E-state index in [-0.39, 0.29) is 11.6 Å². The molecule has 0 amide bonds. The molecule has 1 aliphatic rings. The maximum Gasteiger partial charge on any atom is 0.292 e. The third kappa shape index (κ3) is 2.94. The van der Waals surface area contributed by atoms with Crippen molar-refractivity contribution in [2.24, 2.45) is 0 Å². The summed E-state index contributed by atoms with van der Waals surface area (Å²) in [4.78, 5) is 23.6. The fourth-order valence-corrected chi connectivity index (χ4v) is 4.24. The highest BCUT2D eigenvalue weighted by Crippen LogP contribution is 2.30. The Morgan fingerprint density at radius 3 is 2.60 bits per heavy atom. The topological polar surface area (TPSA) is 60.3 Å². The number of thiazole rings is 1. The summed E-state index contributed by atoms with van der Waals surface area (Å²) in [5.41, 5.74) is 1.69. The number of aryl methyl sites for hydroxylation is 1. The van der Waals surface area contributed by atoms with Crippen molar-refractivity contribution in [2.75, 3.05) is 31.2 Å². The summed E-state index contributed by atoms with van der Waals surface area (Å²) in [6, 6.07) is 10.3. The van der Waals surface area contributed by atoms with Gasteiger partial charge in [-0.05, 0) is 19.4 Å². The van der Waals surface area contributed by atoms with Crippen LogP contribution in [0.4, 0.5) is 5.13 Å². The minimum Gasteiger partial charge on any atom is -0.378 e. The van der Waals surface area contributed by atoms with Crippen molar-refractivity contribution < 1.29 is 4.74 Å². The molecule has 1 unspecified atom stereocenters. The minimum absolute atomic E-state index is 0.0523. The van der Waals surface area contributed by atoms with E-state index in [9.17, 15) is 4.79 Å². The number of fused-ring (bicyclic) bond motifs is 1. The van der Waals surface area contributed by atoms with Crippen molar-refractivity contribution in [1.82, 2.24) is 14.5 Å². The van der Waals surface area contributed by atoms with Crippen LogP contribution in [0.2, 0.25) is 0 Å². The van der Waals surface area contributed by atoms with Gasteiger partial charge in [-0.25, -0.2) is 4.98 Å². The van der Waals surface area contributed by atoms with Gasteiger partial charge in [0.15, 0.2) is 10.8 Å². The molecule has 0 saturated carbocycles. The molecule has 1 aliphatic heterocycles. The second-order valence-electron chi connectivity index (χ2n) is 6.17. The number of ether oxygens (including phenoxy) is 1. The Kier molecular flexibility index (Phi) is 4.27. The Labute approximate surface area is 149 Å². The number of hydrogen-bond donors (Lipinski definition) is 0. The van der Waals surface area contributed by atoms with Crippen LogP contribution in [0.3, 0.4) is 0 Å². The maximum absolute atomic E-state index is 12.4. The van der Waals surface area contributed by atoms with Crippen molar-refractivity contribution >= 4 is 26.8 Å². The van der Waals surface area contributed by atoms with Gasteiger partial charge in [0, 0.05) is 13.1 Å². The molecular formula is C18H20N4O2S. The van der Waals surface area contributed by atoms with E-state index >= 15 is 0 Å². The van der Waals surface area contributed by atoms with Gasteiger partial charge in [0.05, 0.1) is 19.3 Å². The lowest BCUT2D eigenvalue weighted by atomic mass is 10.1. The molecule has 2 aromatic heterocycles. The van der Waals surface area contributed by atoms with E-state index in [0.717, 1.165) is 23.9 Å². The van der Waals surface area contributed by atoms with Gasteiger partial charge in [-0.3, -0.25) is 4.79 Å². The SMILES string of the molecule is Cc1nc(=O)c2sc(N3CCOCC3)nc2n1C(C)c1ccccc1. The standard InChI is InChI=1S/C18H20N4O2S/c1-12(14-6-4-3-5-7-14)22-13(2)19-17(23)15-16(22)20-18(25-15)21-8-10-24-11-9-21/h3-7,12H,8-11H2,1-2H3. The molecular weight excluding hydrogens is 336 g/mol. The van der Waals surface area contributed by atoms with E-state index in [4.69, 9.17) is 9.72 Å². The van der Waals surface area contributed by atoms with Gasteiger partial charge in [-0.1, -0.05) is 41.7 Å². The molecule has 0 N–H and O–H groups in total. The van der Waals surface area contributed by atoms with Gasteiger partial charge in [0.2, 0.25) is 0 Å². The average Bonchev–Trinajstić information content (AvgIpc) is 3.08. The van der Waals surface area contributed by atoms with Crippen molar-refractivity contribution in [3.63, 3.8) is 0 Å². The molecule has 1 aromatic carbocycles. The van der Waals surface area contributed by atoms with Crippen LogP contribution in [0.5, 0.6) is 0 Å². The van der Waals surface area contributed by atoms with Gasteiger partial charge in [0.1, 0.15) is 10.5 Å². The van der Waals surface area contributed by atoms with Crippen molar-refractivity contribution in [2.45, 2.75) is 19.9 Å². The Morgan fingerprint density at radius 1 is 1.16 bits per heavy atom. The first kappa shape index (κ1) is 16.2. The molecule has 6 nitrogen and oxygen atoms in total. The smallest absolute Gasteiger partial charge is 0.292 e. The third-order valence-corrected chi connectivity index (χ3v) is 5.68. The lowest BCUT2D eigenvalue weighted by Gasteiger charge is -2.26. The summed E-state index contributed by atoms with van der Waals surface area (Å²) in [6.45, 7) is 6.97. The predicted octanol–water partition coefficient (Wildman–Crippen LogP) is 2.61. The Balaban J connectivity index is 1.86. The zero-order valence-electron chi connectivity index (χ0n) is 14.3. The first-order chi connectivity index (χ1) is 12.1. The summed E-state index contributed by atoms with van der Waals surface area (Å²) < 4.78 is 8.10. The molecule has 0 bridgehead atoms. The lowest BCUT2D eigenvalue weighted by Crippen LogP contribution is -2.36. The van der Waals surface area contributed by atoms with Crippen LogP contribution >= 0.6 is 11.3 Å². The predicted molar refractivity (Wildman–Crippen MR) is 99.7 cm³/mol. The zero-order valence-corrected chi connectivity index (χ0v) is 15.1. The van der Waals surface area contributed by atoms with Crippen molar-refractivity contribution in [1.29, 1.82) is 0 Å². The summed E-state index contributed by atoms with van der Waals surface area (Å²) >= 11 is 1.43. The van der Waals surface area contributed by atoms with Crippen LogP contribution in [0.25, 0.3) is 10.3 Å². The number of rotatable bonds is 3. The maximum atomic E-state index is 12.4. The summed E-state index contributed by atoms with van der Waals surface area (Å²) in [5, 5.41) is 0.872. The Morgan fingerprint density at radius 2 is 1.88 bits per heavy atom. The van der Waals surface area contributed by atoms with Gasteiger partial charge in [-0.2, -0.15) is 4.98 Å². The first-order valence-corrected chi connectivity index (χ1v) is 9.24. The molecule has 130 valence electrons. The van der Waals surface area contributed by atoms with Crippen LogP contribution in [0.1, 0.15) is 24.4 Å². The fraction of sp³-hybridized carbons (Fsp3) is 0.389. The number of hydrogen-bond acceptors (Lipinski definition) is 6. The van der Waals surface area contributed by atoms with Gasteiger partial charge in [-0.15, -0.1) is 0 Å². The molecule has 0 spiro atoms. The van der Waals surface area contributed by atoms with Crippen LogP contribution in [0, 0.1) is 6.92 Å². The summed E-state index contributed by atoms with van der Waals surface area (Å²) in [7, 11) is 0. The molecule has 0 radical (unpaired) electrons. The average molecular weight is 356 g/mol. The van der Waals surface area contributed by atoms with Gasteiger partial charge in [0.25, 0.3) is 5.56 Å². The van der Waals surface area contributed by atoms with Crippen molar-refractivity contribution in [3.8, 4) is 0 Å². The van der Waals surface area contributed by atoms with Crippen LogP contribution in [-0.4, -0.2) is 40.8 Å². The highest BCUT2D eigenvalue weighted by Gasteiger charge is 2.22. The summed E-state index contributed by atoms with van der Waals surface area (Å²) in [5.74, 6) is 0.688. The number of benzene rings is 1. The van der Waals surface area contributed by atoms with E-state index < -0.39 is 0 Å². The molecule has 1 atom stereocenters. The highest BCUT2D eigenvalue weighted by molar-refractivity contribution is 7.22. The van der Waals surface area contributed by atoms with Gasteiger partial charge < -0.3 is 14.2 Å². The molecule has 1 saturated heterocycles. The zero-order chi connectivity index (χ0) is 17.4. The Bertz CT molecular complexity index is 945. The highest BCUT2D eigenvalue weighted by atomic mass is 32.1. The van der Waals surface area contributed by atoms with E-state index in [2.05, 4.69) is 33.5 Å². The van der Waals surface area contributed by atoms with Crippen LogP contribution < -0.4 is 10.5 Å². The molecule has 0 aliphatic carbocycles. The van der Waals surface area contributed by atoms with E-state index in [0.29, 0.717) is 23.7 Å². The third-order valence-electron chi connectivity index (χ3n) is 4.58. The number of aromatic nitrogens is 3. The molecule has 3 heterocycles.